The number of carbonyl (C=O) groups excluding carboxylic acids is 1. The van der Waals surface area contributed by atoms with Crippen LogP contribution in [0.3, 0.4) is 0 Å². The molecule has 0 radical (unpaired) electrons. The SMILES string of the molecule is Cc1cccc(CNC(=O)CCC(CCN)C(C)C)n1. The van der Waals surface area contributed by atoms with Gasteiger partial charge in [-0.2, -0.15) is 0 Å². The zero-order valence-corrected chi connectivity index (χ0v) is 12.9. The lowest BCUT2D eigenvalue weighted by Crippen LogP contribution is -2.25. The van der Waals surface area contributed by atoms with E-state index in [1.54, 1.807) is 0 Å². The number of aryl methyl sites for hydroxylation is 1. The van der Waals surface area contributed by atoms with Gasteiger partial charge < -0.3 is 11.1 Å². The Kier molecular flexibility index (Phi) is 7.23. The van der Waals surface area contributed by atoms with E-state index < -0.39 is 0 Å². The summed E-state index contributed by atoms with van der Waals surface area (Å²) < 4.78 is 0. The third kappa shape index (κ3) is 6.15. The minimum Gasteiger partial charge on any atom is -0.350 e. The molecule has 1 atom stereocenters. The van der Waals surface area contributed by atoms with Crippen molar-refractivity contribution in [3.8, 4) is 0 Å². The molecule has 1 unspecified atom stereocenters. The molecule has 0 aromatic carbocycles. The number of hydrogen-bond donors (Lipinski definition) is 2. The predicted octanol–water partition coefficient (Wildman–Crippen LogP) is 2.41. The average Bonchev–Trinajstić information content (AvgIpc) is 2.41. The monoisotopic (exact) mass is 277 g/mol. The number of hydrogen-bond acceptors (Lipinski definition) is 3. The van der Waals surface area contributed by atoms with Gasteiger partial charge in [-0.1, -0.05) is 19.9 Å². The standard InChI is InChI=1S/C16H27N3O/c1-12(2)14(9-10-17)7-8-16(20)18-11-15-6-4-5-13(3)19-15/h4-6,12,14H,7-11,17H2,1-3H3,(H,18,20). The van der Waals surface area contributed by atoms with Crippen molar-refractivity contribution in [2.24, 2.45) is 17.6 Å². The highest BCUT2D eigenvalue weighted by Gasteiger charge is 2.14. The van der Waals surface area contributed by atoms with E-state index in [2.05, 4.69) is 24.1 Å². The van der Waals surface area contributed by atoms with Crippen molar-refractivity contribution in [3.05, 3.63) is 29.6 Å². The summed E-state index contributed by atoms with van der Waals surface area (Å²) in [4.78, 5) is 16.2. The molecule has 1 amide bonds. The molecule has 0 aliphatic rings. The second-order valence-corrected chi connectivity index (χ2v) is 5.67. The van der Waals surface area contributed by atoms with E-state index in [0.29, 0.717) is 31.3 Å². The van der Waals surface area contributed by atoms with E-state index in [0.717, 1.165) is 24.2 Å². The molecule has 20 heavy (non-hydrogen) atoms. The number of nitrogens with zero attached hydrogens (tertiary/aromatic N) is 1. The van der Waals surface area contributed by atoms with Crippen molar-refractivity contribution < 1.29 is 4.79 Å². The highest BCUT2D eigenvalue weighted by Crippen LogP contribution is 2.20. The molecule has 0 aliphatic heterocycles. The van der Waals surface area contributed by atoms with Crippen LogP contribution in [0.15, 0.2) is 18.2 Å². The van der Waals surface area contributed by atoms with Crippen LogP contribution >= 0.6 is 0 Å². The van der Waals surface area contributed by atoms with E-state index in [4.69, 9.17) is 5.73 Å². The molecule has 0 spiro atoms. The topological polar surface area (TPSA) is 68.0 Å². The van der Waals surface area contributed by atoms with Crippen molar-refractivity contribution in [1.29, 1.82) is 0 Å². The molecule has 1 rings (SSSR count). The average molecular weight is 277 g/mol. The summed E-state index contributed by atoms with van der Waals surface area (Å²) in [5.74, 6) is 1.20. The molecule has 4 heteroatoms. The summed E-state index contributed by atoms with van der Waals surface area (Å²) in [6, 6.07) is 5.84. The Hall–Kier alpha value is -1.42. The smallest absolute Gasteiger partial charge is 0.220 e. The Morgan fingerprint density at radius 3 is 2.70 bits per heavy atom. The van der Waals surface area contributed by atoms with Crippen molar-refractivity contribution in [2.45, 2.75) is 46.6 Å². The van der Waals surface area contributed by atoms with E-state index in [1.165, 1.54) is 0 Å². The first-order chi connectivity index (χ1) is 9.52. The lowest BCUT2D eigenvalue weighted by Gasteiger charge is -2.19. The maximum atomic E-state index is 11.9. The minimum atomic E-state index is 0.0935. The van der Waals surface area contributed by atoms with Crippen LogP contribution < -0.4 is 11.1 Å². The molecule has 0 aliphatic carbocycles. The van der Waals surface area contributed by atoms with E-state index in [1.807, 2.05) is 25.1 Å². The van der Waals surface area contributed by atoms with E-state index in [-0.39, 0.29) is 5.91 Å². The molecular formula is C16H27N3O. The third-order valence-corrected chi connectivity index (χ3v) is 3.64. The largest absolute Gasteiger partial charge is 0.350 e. The molecule has 0 saturated heterocycles. The number of nitrogens with two attached hydrogens (primary N) is 1. The zero-order chi connectivity index (χ0) is 15.0. The van der Waals surface area contributed by atoms with Crippen molar-refractivity contribution >= 4 is 5.91 Å². The van der Waals surface area contributed by atoms with Crippen molar-refractivity contribution in [1.82, 2.24) is 10.3 Å². The summed E-state index contributed by atoms with van der Waals surface area (Å²) in [6.45, 7) is 7.52. The van der Waals surface area contributed by atoms with Crippen LogP contribution in [0.5, 0.6) is 0 Å². The van der Waals surface area contributed by atoms with Gasteiger partial charge in [-0.25, -0.2) is 0 Å². The first-order valence-electron chi connectivity index (χ1n) is 7.42. The summed E-state index contributed by atoms with van der Waals surface area (Å²) in [5, 5.41) is 2.93. The molecular weight excluding hydrogens is 250 g/mol. The van der Waals surface area contributed by atoms with Crippen LogP contribution in [0.25, 0.3) is 0 Å². The Bertz CT molecular complexity index is 418. The lowest BCUT2D eigenvalue weighted by atomic mass is 9.88. The van der Waals surface area contributed by atoms with Gasteiger partial charge in [0.15, 0.2) is 0 Å². The lowest BCUT2D eigenvalue weighted by molar-refractivity contribution is -0.121. The van der Waals surface area contributed by atoms with Gasteiger partial charge in [-0.15, -0.1) is 0 Å². The van der Waals surface area contributed by atoms with Gasteiger partial charge >= 0.3 is 0 Å². The number of aromatic nitrogens is 1. The van der Waals surface area contributed by atoms with Gasteiger partial charge in [-0.3, -0.25) is 9.78 Å². The van der Waals surface area contributed by atoms with Crippen molar-refractivity contribution in [3.63, 3.8) is 0 Å². The Labute approximate surface area is 122 Å². The van der Waals surface area contributed by atoms with E-state index in [9.17, 15) is 4.79 Å². The molecule has 1 heterocycles. The first kappa shape index (κ1) is 16.6. The fourth-order valence-electron chi connectivity index (χ4n) is 2.32. The second kappa shape index (κ2) is 8.69. The predicted molar refractivity (Wildman–Crippen MR) is 82.1 cm³/mol. The highest BCUT2D eigenvalue weighted by molar-refractivity contribution is 5.75. The first-order valence-corrected chi connectivity index (χ1v) is 7.42. The summed E-state index contributed by atoms with van der Waals surface area (Å²) in [5.41, 5.74) is 7.49. The second-order valence-electron chi connectivity index (χ2n) is 5.67. The van der Waals surface area contributed by atoms with Crippen LogP contribution in [-0.4, -0.2) is 17.4 Å². The Balaban J connectivity index is 2.33. The van der Waals surface area contributed by atoms with Crippen LogP contribution in [0, 0.1) is 18.8 Å². The number of carbonyl (C=O) groups is 1. The van der Waals surface area contributed by atoms with Crippen LogP contribution in [-0.2, 0) is 11.3 Å². The van der Waals surface area contributed by atoms with Gasteiger partial charge in [0.05, 0.1) is 12.2 Å². The van der Waals surface area contributed by atoms with Crippen LogP contribution in [0.4, 0.5) is 0 Å². The molecule has 4 nitrogen and oxygen atoms in total. The van der Waals surface area contributed by atoms with Gasteiger partial charge in [0.25, 0.3) is 0 Å². The number of nitrogens with one attached hydrogen (secondary N) is 1. The van der Waals surface area contributed by atoms with Gasteiger partial charge in [0, 0.05) is 12.1 Å². The quantitative estimate of drug-likeness (QED) is 0.766. The maximum Gasteiger partial charge on any atom is 0.220 e. The highest BCUT2D eigenvalue weighted by atomic mass is 16.1. The van der Waals surface area contributed by atoms with Gasteiger partial charge in [0.2, 0.25) is 5.91 Å². The Morgan fingerprint density at radius 2 is 2.10 bits per heavy atom. The number of amides is 1. The van der Waals surface area contributed by atoms with Crippen molar-refractivity contribution in [2.75, 3.05) is 6.54 Å². The summed E-state index contributed by atoms with van der Waals surface area (Å²) in [7, 11) is 0. The molecule has 0 saturated carbocycles. The third-order valence-electron chi connectivity index (χ3n) is 3.64. The fourth-order valence-corrected chi connectivity index (χ4v) is 2.32. The number of rotatable bonds is 8. The summed E-state index contributed by atoms with van der Waals surface area (Å²) >= 11 is 0. The number of pyridine rings is 1. The molecule has 0 fully saturated rings. The van der Waals surface area contributed by atoms with Crippen LogP contribution in [0.1, 0.15) is 44.5 Å². The molecule has 1 aromatic rings. The molecule has 112 valence electrons. The maximum absolute atomic E-state index is 11.9. The van der Waals surface area contributed by atoms with Crippen LogP contribution in [0.2, 0.25) is 0 Å². The minimum absolute atomic E-state index is 0.0935. The summed E-state index contributed by atoms with van der Waals surface area (Å²) in [6.07, 6.45) is 2.46. The Morgan fingerprint density at radius 1 is 1.35 bits per heavy atom. The zero-order valence-electron chi connectivity index (χ0n) is 12.9. The molecule has 3 N–H and O–H groups in total. The van der Waals surface area contributed by atoms with E-state index >= 15 is 0 Å². The normalized spacial score (nSPS) is 12.4. The fraction of sp³-hybridized carbons (Fsp3) is 0.625. The molecule has 1 aromatic heterocycles. The molecule has 0 bridgehead atoms. The van der Waals surface area contributed by atoms with Gasteiger partial charge in [-0.05, 0) is 50.3 Å². The van der Waals surface area contributed by atoms with Gasteiger partial charge in [0.1, 0.15) is 0 Å².